The molecule has 0 unspecified atom stereocenters. The van der Waals surface area contributed by atoms with Gasteiger partial charge in [-0.3, -0.25) is 4.79 Å². The first-order valence-electron chi connectivity index (χ1n) is 4.21. The van der Waals surface area contributed by atoms with Crippen molar-refractivity contribution < 1.29 is 9.18 Å². The van der Waals surface area contributed by atoms with Crippen LogP contribution < -0.4 is 0 Å². The fourth-order valence-corrected chi connectivity index (χ4v) is 1.11. The van der Waals surface area contributed by atoms with Crippen LogP contribution in [0.1, 0.15) is 36.7 Å². The molecule has 0 spiro atoms. The second-order valence-electron chi connectivity index (χ2n) is 3.61. The monoisotopic (exact) mass is 180 g/mol. The van der Waals surface area contributed by atoms with E-state index in [4.69, 9.17) is 0 Å². The van der Waals surface area contributed by atoms with Crippen molar-refractivity contribution in [3.63, 3.8) is 0 Å². The van der Waals surface area contributed by atoms with Crippen LogP contribution in [0.5, 0.6) is 0 Å². The quantitative estimate of drug-likeness (QED) is 0.639. The fourth-order valence-electron chi connectivity index (χ4n) is 1.11. The van der Waals surface area contributed by atoms with Gasteiger partial charge in [0, 0.05) is 5.56 Å². The van der Waals surface area contributed by atoms with Gasteiger partial charge in [0.25, 0.3) is 0 Å². The van der Waals surface area contributed by atoms with Crippen LogP contribution in [-0.4, -0.2) is 5.78 Å². The van der Waals surface area contributed by atoms with Crippen LogP contribution >= 0.6 is 0 Å². The average Bonchev–Trinajstić information content (AvgIpc) is 2.03. The summed E-state index contributed by atoms with van der Waals surface area (Å²) in [5.41, 5.74) is -0.283. The van der Waals surface area contributed by atoms with Gasteiger partial charge < -0.3 is 0 Å². The number of alkyl halides is 1. The molecule has 0 fully saturated rings. The molecule has 0 saturated heterocycles. The van der Waals surface area contributed by atoms with Crippen LogP contribution in [0.25, 0.3) is 0 Å². The Hall–Kier alpha value is -1.18. The molecule has 1 rings (SSSR count). The second-order valence-corrected chi connectivity index (χ2v) is 3.61. The summed E-state index contributed by atoms with van der Waals surface area (Å²) in [4.78, 5) is 11.0. The first kappa shape index (κ1) is 9.90. The van der Waals surface area contributed by atoms with Gasteiger partial charge in [0.05, 0.1) is 0 Å². The molecular weight excluding hydrogens is 167 g/mol. The molecule has 2 heteroatoms. The standard InChI is InChI=1S/C11H13FO/c1-8(13)9-5-4-6-10(7-9)11(2,3)12/h4-7H,1-3H3. The van der Waals surface area contributed by atoms with Gasteiger partial charge in [-0.15, -0.1) is 0 Å². The lowest BCUT2D eigenvalue weighted by Crippen LogP contribution is -2.09. The van der Waals surface area contributed by atoms with Crippen molar-refractivity contribution in [1.29, 1.82) is 0 Å². The highest BCUT2D eigenvalue weighted by Crippen LogP contribution is 2.24. The first-order chi connectivity index (χ1) is 5.91. The van der Waals surface area contributed by atoms with Crippen LogP contribution in [0, 0.1) is 0 Å². The van der Waals surface area contributed by atoms with Crippen LogP contribution in [0.15, 0.2) is 24.3 Å². The highest BCUT2D eigenvalue weighted by atomic mass is 19.1. The Balaban J connectivity index is 3.13. The van der Waals surface area contributed by atoms with Crippen molar-refractivity contribution in [2.75, 3.05) is 0 Å². The number of Topliss-reactive ketones (excluding diaryl/α,β-unsaturated/α-hetero) is 1. The average molecular weight is 180 g/mol. The summed E-state index contributed by atoms with van der Waals surface area (Å²) in [6.07, 6.45) is 0. The number of carbonyl (C=O) groups excluding carboxylic acids is 1. The summed E-state index contributed by atoms with van der Waals surface area (Å²) in [6.45, 7) is 4.43. The second kappa shape index (κ2) is 3.29. The van der Waals surface area contributed by atoms with Gasteiger partial charge in [-0.2, -0.15) is 0 Å². The molecule has 0 atom stereocenters. The van der Waals surface area contributed by atoms with Gasteiger partial charge in [-0.25, -0.2) is 4.39 Å². The van der Waals surface area contributed by atoms with E-state index in [-0.39, 0.29) is 5.78 Å². The Morgan fingerprint density at radius 2 is 2.00 bits per heavy atom. The number of benzene rings is 1. The third kappa shape index (κ3) is 2.38. The van der Waals surface area contributed by atoms with Crippen LogP contribution in [0.3, 0.4) is 0 Å². The summed E-state index contributed by atoms with van der Waals surface area (Å²) >= 11 is 0. The molecule has 0 aliphatic carbocycles. The number of ketones is 1. The zero-order chi connectivity index (χ0) is 10.1. The molecule has 0 amide bonds. The van der Waals surface area contributed by atoms with E-state index in [1.54, 1.807) is 24.3 Å². The molecule has 1 nitrogen and oxygen atoms in total. The Kier molecular flexibility index (Phi) is 2.50. The zero-order valence-corrected chi connectivity index (χ0v) is 8.10. The minimum Gasteiger partial charge on any atom is -0.295 e. The number of rotatable bonds is 2. The third-order valence-electron chi connectivity index (χ3n) is 1.96. The molecule has 1 aromatic rings. The third-order valence-corrected chi connectivity index (χ3v) is 1.96. The molecule has 13 heavy (non-hydrogen) atoms. The van der Waals surface area contributed by atoms with Gasteiger partial charge in [-0.05, 0) is 32.4 Å². The number of hydrogen-bond donors (Lipinski definition) is 0. The molecule has 0 bridgehead atoms. The van der Waals surface area contributed by atoms with Crippen LogP contribution in [-0.2, 0) is 5.67 Å². The predicted molar refractivity (Wildman–Crippen MR) is 50.6 cm³/mol. The Morgan fingerprint density at radius 3 is 2.46 bits per heavy atom. The van der Waals surface area contributed by atoms with Crippen molar-refractivity contribution in [2.24, 2.45) is 0 Å². The van der Waals surface area contributed by atoms with Crippen LogP contribution in [0.2, 0.25) is 0 Å². The molecular formula is C11H13FO. The normalized spacial score (nSPS) is 11.4. The smallest absolute Gasteiger partial charge is 0.159 e. The maximum absolute atomic E-state index is 13.5. The van der Waals surface area contributed by atoms with E-state index < -0.39 is 5.67 Å². The SMILES string of the molecule is CC(=O)c1cccc(C(C)(C)F)c1. The Morgan fingerprint density at radius 1 is 1.38 bits per heavy atom. The molecule has 0 heterocycles. The molecule has 0 saturated carbocycles. The van der Waals surface area contributed by atoms with Crippen molar-refractivity contribution in [2.45, 2.75) is 26.4 Å². The zero-order valence-electron chi connectivity index (χ0n) is 8.10. The largest absolute Gasteiger partial charge is 0.295 e. The van der Waals surface area contributed by atoms with E-state index in [1.807, 2.05) is 0 Å². The summed E-state index contributed by atoms with van der Waals surface area (Å²) in [7, 11) is 0. The Labute approximate surface area is 77.6 Å². The van der Waals surface area contributed by atoms with E-state index in [2.05, 4.69) is 0 Å². The van der Waals surface area contributed by atoms with E-state index in [1.165, 1.54) is 20.8 Å². The predicted octanol–water partition coefficient (Wildman–Crippen LogP) is 3.09. The number of halogens is 1. The maximum Gasteiger partial charge on any atom is 0.159 e. The van der Waals surface area contributed by atoms with Gasteiger partial charge in [0.15, 0.2) is 5.78 Å². The maximum atomic E-state index is 13.5. The van der Waals surface area contributed by atoms with E-state index in [0.29, 0.717) is 11.1 Å². The highest BCUT2D eigenvalue weighted by Gasteiger charge is 2.18. The summed E-state index contributed by atoms with van der Waals surface area (Å²) in [5, 5.41) is 0. The van der Waals surface area contributed by atoms with Crippen molar-refractivity contribution in [1.82, 2.24) is 0 Å². The van der Waals surface area contributed by atoms with Gasteiger partial charge in [0.1, 0.15) is 5.67 Å². The number of hydrogen-bond acceptors (Lipinski definition) is 1. The lowest BCUT2D eigenvalue weighted by molar-refractivity contribution is 0.101. The lowest BCUT2D eigenvalue weighted by atomic mass is 9.97. The summed E-state index contributed by atoms with van der Waals surface area (Å²) < 4.78 is 13.5. The van der Waals surface area contributed by atoms with E-state index in [9.17, 15) is 9.18 Å². The molecule has 0 N–H and O–H groups in total. The molecule has 0 aromatic heterocycles. The molecule has 0 aliphatic rings. The topological polar surface area (TPSA) is 17.1 Å². The fraction of sp³-hybridized carbons (Fsp3) is 0.364. The van der Waals surface area contributed by atoms with Crippen molar-refractivity contribution in [3.05, 3.63) is 35.4 Å². The van der Waals surface area contributed by atoms with Crippen molar-refractivity contribution >= 4 is 5.78 Å². The van der Waals surface area contributed by atoms with Gasteiger partial charge in [-0.1, -0.05) is 18.2 Å². The Bertz CT molecular complexity index is 323. The van der Waals surface area contributed by atoms with Crippen LogP contribution in [0.4, 0.5) is 4.39 Å². The van der Waals surface area contributed by atoms with E-state index in [0.717, 1.165) is 0 Å². The van der Waals surface area contributed by atoms with Gasteiger partial charge in [0.2, 0.25) is 0 Å². The number of carbonyl (C=O) groups is 1. The minimum absolute atomic E-state index is 0.0360. The first-order valence-corrected chi connectivity index (χ1v) is 4.21. The summed E-state index contributed by atoms with van der Waals surface area (Å²) in [6, 6.07) is 6.68. The van der Waals surface area contributed by atoms with Gasteiger partial charge >= 0.3 is 0 Å². The molecule has 0 aliphatic heterocycles. The molecule has 1 aromatic carbocycles. The van der Waals surface area contributed by atoms with Crippen molar-refractivity contribution in [3.8, 4) is 0 Å². The minimum atomic E-state index is -1.38. The molecule has 0 radical (unpaired) electrons. The lowest BCUT2D eigenvalue weighted by Gasteiger charge is -2.14. The molecule has 70 valence electrons. The van der Waals surface area contributed by atoms with E-state index >= 15 is 0 Å². The highest BCUT2D eigenvalue weighted by molar-refractivity contribution is 5.94. The summed E-state index contributed by atoms with van der Waals surface area (Å²) in [5.74, 6) is -0.0360.